The van der Waals surface area contributed by atoms with Gasteiger partial charge in [0.15, 0.2) is 4.60 Å². The van der Waals surface area contributed by atoms with Gasteiger partial charge >= 0.3 is 6.09 Å². The first-order valence-electron chi connectivity index (χ1n) is 4.50. The third kappa shape index (κ3) is 3.50. The Morgan fingerprint density at radius 1 is 1.60 bits per heavy atom. The second-order valence-corrected chi connectivity index (χ2v) is 3.99. The number of amides is 1. The molecule has 7 heteroatoms. The van der Waals surface area contributed by atoms with E-state index in [0.717, 1.165) is 16.7 Å². The van der Waals surface area contributed by atoms with Crippen molar-refractivity contribution in [2.45, 2.75) is 12.8 Å². The van der Waals surface area contributed by atoms with Gasteiger partial charge in [0.25, 0.3) is 0 Å². The summed E-state index contributed by atoms with van der Waals surface area (Å²) in [7, 11) is 3.30. The van der Waals surface area contributed by atoms with Crippen molar-refractivity contribution >= 4 is 22.0 Å². The van der Waals surface area contributed by atoms with Crippen molar-refractivity contribution in [2.75, 3.05) is 13.6 Å². The van der Waals surface area contributed by atoms with E-state index in [9.17, 15) is 4.79 Å². The standard InChI is InChI=1S/C8H13BrN4O2/c1-12(8(14)15)5-3-4-6-7(9)11-13(2)10-6/h3-5H2,1-2H3,(H,14,15). The summed E-state index contributed by atoms with van der Waals surface area (Å²) in [6, 6.07) is 0. The Hall–Kier alpha value is -1.11. The van der Waals surface area contributed by atoms with Crippen molar-refractivity contribution in [1.82, 2.24) is 19.9 Å². The van der Waals surface area contributed by atoms with Gasteiger partial charge < -0.3 is 10.0 Å². The molecule has 0 spiro atoms. The maximum Gasteiger partial charge on any atom is 0.407 e. The van der Waals surface area contributed by atoms with E-state index in [1.165, 1.54) is 9.70 Å². The molecule has 0 fully saturated rings. The van der Waals surface area contributed by atoms with Crippen LogP contribution in [0.3, 0.4) is 0 Å². The Balaban J connectivity index is 2.38. The zero-order valence-electron chi connectivity index (χ0n) is 8.64. The monoisotopic (exact) mass is 276 g/mol. The highest BCUT2D eigenvalue weighted by molar-refractivity contribution is 9.10. The fourth-order valence-corrected chi connectivity index (χ4v) is 1.66. The maximum absolute atomic E-state index is 10.5. The van der Waals surface area contributed by atoms with Gasteiger partial charge in [-0.05, 0) is 28.8 Å². The molecule has 0 aliphatic carbocycles. The molecule has 1 heterocycles. The summed E-state index contributed by atoms with van der Waals surface area (Å²) in [6.45, 7) is 0.498. The molecule has 0 radical (unpaired) electrons. The SMILES string of the molecule is CN(CCCc1nn(C)nc1Br)C(=O)O. The molecule has 1 aromatic heterocycles. The molecule has 0 atom stereocenters. The number of carboxylic acid groups (broad SMARTS) is 1. The topological polar surface area (TPSA) is 71.2 Å². The van der Waals surface area contributed by atoms with Crippen molar-refractivity contribution in [1.29, 1.82) is 0 Å². The lowest BCUT2D eigenvalue weighted by atomic mass is 10.2. The third-order valence-electron chi connectivity index (χ3n) is 1.97. The van der Waals surface area contributed by atoms with Gasteiger partial charge in [0.1, 0.15) is 0 Å². The molecule has 84 valence electrons. The van der Waals surface area contributed by atoms with Crippen molar-refractivity contribution in [3.8, 4) is 0 Å². The molecule has 0 saturated heterocycles. The molecule has 0 aliphatic rings. The lowest BCUT2D eigenvalue weighted by molar-refractivity contribution is 0.155. The Morgan fingerprint density at radius 3 is 2.73 bits per heavy atom. The van der Waals surface area contributed by atoms with Crippen LogP contribution in [0, 0.1) is 0 Å². The summed E-state index contributed by atoms with van der Waals surface area (Å²) >= 11 is 3.29. The number of carbonyl (C=O) groups is 1. The molecule has 0 bridgehead atoms. The van der Waals surface area contributed by atoms with E-state index in [2.05, 4.69) is 26.1 Å². The maximum atomic E-state index is 10.5. The molecule has 1 N–H and O–H groups in total. The number of aromatic nitrogens is 3. The van der Waals surface area contributed by atoms with E-state index in [1.54, 1.807) is 14.1 Å². The van der Waals surface area contributed by atoms with Crippen molar-refractivity contribution < 1.29 is 9.90 Å². The fraction of sp³-hybridized carbons (Fsp3) is 0.625. The zero-order valence-corrected chi connectivity index (χ0v) is 10.2. The fourth-order valence-electron chi connectivity index (χ4n) is 1.16. The van der Waals surface area contributed by atoms with Crippen LogP contribution in [0.5, 0.6) is 0 Å². The van der Waals surface area contributed by atoms with Gasteiger partial charge in [0.2, 0.25) is 0 Å². The number of aryl methyl sites for hydroxylation is 2. The van der Waals surface area contributed by atoms with Crippen LogP contribution in [0.25, 0.3) is 0 Å². The van der Waals surface area contributed by atoms with Crippen LogP contribution >= 0.6 is 15.9 Å². The Morgan fingerprint density at radius 2 is 2.27 bits per heavy atom. The van der Waals surface area contributed by atoms with Gasteiger partial charge in [0, 0.05) is 20.6 Å². The minimum absolute atomic E-state index is 0.498. The quantitative estimate of drug-likeness (QED) is 0.895. The van der Waals surface area contributed by atoms with Gasteiger partial charge in [-0.3, -0.25) is 0 Å². The molecule has 0 unspecified atom stereocenters. The van der Waals surface area contributed by atoms with Crippen LogP contribution in [0.2, 0.25) is 0 Å². The van der Waals surface area contributed by atoms with Crippen LogP contribution in [0.15, 0.2) is 4.60 Å². The first-order chi connectivity index (χ1) is 7.00. The van der Waals surface area contributed by atoms with E-state index < -0.39 is 6.09 Å². The van der Waals surface area contributed by atoms with Crippen LogP contribution < -0.4 is 0 Å². The smallest absolute Gasteiger partial charge is 0.407 e. The Bertz CT molecular complexity index is 352. The second kappa shape index (κ2) is 5.11. The molecule has 1 rings (SSSR count). The predicted octanol–water partition coefficient (Wildman–Crippen LogP) is 1.12. The summed E-state index contributed by atoms with van der Waals surface area (Å²) in [5.74, 6) is 0. The summed E-state index contributed by atoms with van der Waals surface area (Å²) < 4.78 is 0.725. The number of hydrogen-bond acceptors (Lipinski definition) is 3. The molecule has 6 nitrogen and oxygen atoms in total. The average Bonchev–Trinajstić information content (AvgIpc) is 2.45. The van der Waals surface area contributed by atoms with E-state index in [4.69, 9.17) is 5.11 Å². The molecular formula is C8H13BrN4O2. The lowest BCUT2D eigenvalue weighted by Gasteiger charge is -2.11. The molecular weight excluding hydrogens is 264 g/mol. The van der Waals surface area contributed by atoms with Crippen LogP contribution in [-0.4, -0.2) is 44.7 Å². The predicted molar refractivity (Wildman–Crippen MR) is 57.7 cm³/mol. The molecule has 0 aliphatic heterocycles. The van der Waals surface area contributed by atoms with Gasteiger partial charge in [-0.2, -0.15) is 9.90 Å². The van der Waals surface area contributed by atoms with Gasteiger partial charge in [-0.25, -0.2) is 4.79 Å². The van der Waals surface area contributed by atoms with E-state index in [-0.39, 0.29) is 0 Å². The number of halogens is 1. The van der Waals surface area contributed by atoms with Gasteiger partial charge in [-0.1, -0.05) is 0 Å². The largest absolute Gasteiger partial charge is 0.465 e. The molecule has 0 saturated carbocycles. The van der Waals surface area contributed by atoms with Gasteiger partial charge in [0.05, 0.1) is 5.69 Å². The lowest BCUT2D eigenvalue weighted by Crippen LogP contribution is -2.25. The first-order valence-corrected chi connectivity index (χ1v) is 5.29. The number of hydrogen-bond donors (Lipinski definition) is 1. The van der Waals surface area contributed by atoms with Crippen molar-refractivity contribution in [3.63, 3.8) is 0 Å². The summed E-state index contributed by atoms with van der Waals surface area (Å²) in [5.41, 5.74) is 0.858. The normalized spacial score (nSPS) is 10.3. The van der Waals surface area contributed by atoms with E-state index in [0.29, 0.717) is 13.0 Å². The molecule has 0 aromatic carbocycles. The highest BCUT2D eigenvalue weighted by Crippen LogP contribution is 2.12. The van der Waals surface area contributed by atoms with Crippen LogP contribution in [-0.2, 0) is 13.5 Å². The third-order valence-corrected chi connectivity index (χ3v) is 2.59. The zero-order chi connectivity index (χ0) is 11.4. The summed E-state index contributed by atoms with van der Waals surface area (Å²) in [6.07, 6.45) is 0.541. The molecule has 1 aromatic rings. The molecule has 15 heavy (non-hydrogen) atoms. The Kier molecular flexibility index (Phi) is 4.07. The minimum Gasteiger partial charge on any atom is -0.465 e. The number of nitrogens with zero attached hydrogens (tertiary/aromatic N) is 4. The van der Waals surface area contributed by atoms with Crippen LogP contribution in [0.1, 0.15) is 12.1 Å². The highest BCUT2D eigenvalue weighted by Gasteiger charge is 2.08. The van der Waals surface area contributed by atoms with Crippen LogP contribution in [0.4, 0.5) is 4.79 Å². The Labute approximate surface area is 96.0 Å². The minimum atomic E-state index is -0.909. The molecule has 1 amide bonds. The number of rotatable bonds is 4. The van der Waals surface area contributed by atoms with Crippen molar-refractivity contribution in [2.24, 2.45) is 7.05 Å². The van der Waals surface area contributed by atoms with Gasteiger partial charge in [-0.15, -0.1) is 5.10 Å². The summed E-state index contributed by atoms with van der Waals surface area (Å²) in [5, 5.41) is 16.8. The van der Waals surface area contributed by atoms with E-state index in [1.807, 2.05) is 0 Å². The van der Waals surface area contributed by atoms with E-state index >= 15 is 0 Å². The highest BCUT2D eigenvalue weighted by atomic mass is 79.9. The summed E-state index contributed by atoms with van der Waals surface area (Å²) in [4.78, 5) is 13.2. The second-order valence-electron chi connectivity index (χ2n) is 3.23. The first kappa shape index (κ1) is 12.0. The average molecular weight is 277 g/mol. The van der Waals surface area contributed by atoms with Crippen molar-refractivity contribution in [3.05, 3.63) is 10.3 Å².